The van der Waals surface area contributed by atoms with Crippen LogP contribution >= 0.6 is 11.3 Å². The van der Waals surface area contributed by atoms with Crippen LogP contribution in [-0.2, 0) is 30.2 Å². The van der Waals surface area contributed by atoms with Crippen molar-refractivity contribution in [3.63, 3.8) is 0 Å². The van der Waals surface area contributed by atoms with E-state index in [2.05, 4.69) is 51.7 Å². The lowest BCUT2D eigenvalue weighted by Crippen LogP contribution is -2.18. The van der Waals surface area contributed by atoms with Crippen molar-refractivity contribution in [1.29, 1.82) is 0 Å². The highest BCUT2D eigenvalue weighted by molar-refractivity contribution is 7.13. The van der Waals surface area contributed by atoms with Crippen LogP contribution in [0, 0.1) is 11.8 Å². The molecule has 0 radical (unpaired) electrons. The zero-order valence-electron chi connectivity index (χ0n) is 40.7. The van der Waals surface area contributed by atoms with Crippen molar-refractivity contribution in [2.24, 2.45) is 11.8 Å². The van der Waals surface area contributed by atoms with Crippen molar-refractivity contribution in [3.8, 4) is 0 Å². The Morgan fingerprint density at radius 1 is 0.541 bits per heavy atom. The molecule has 0 saturated carbocycles. The highest BCUT2D eigenvalue weighted by atomic mass is 32.1. The van der Waals surface area contributed by atoms with Gasteiger partial charge in [0, 0.05) is 19.3 Å². The summed E-state index contributed by atoms with van der Waals surface area (Å²) in [6, 6.07) is 0. The van der Waals surface area contributed by atoms with Gasteiger partial charge in [-0.05, 0) is 90.3 Å². The van der Waals surface area contributed by atoms with E-state index in [1.54, 1.807) is 6.20 Å². The van der Waals surface area contributed by atoms with Crippen LogP contribution in [0.2, 0.25) is 0 Å². The average Bonchev–Trinajstić information content (AvgIpc) is 3.71. The maximum atomic E-state index is 13.2. The van der Waals surface area contributed by atoms with E-state index in [-0.39, 0.29) is 24.0 Å². The molecule has 1 rings (SSSR count). The summed E-state index contributed by atoms with van der Waals surface area (Å²) in [6.45, 7) is 11.1. The minimum absolute atomic E-state index is 0.0496. The molecule has 0 amide bonds. The monoisotopic (exact) mass is 877 g/mol. The molecule has 61 heavy (non-hydrogen) atoms. The lowest BCUT2D eigenvalue weighted by Gasteiger charge is -2.18. The van der Waals surface area contributed by atoms with Crippen LogP contribution < -0.4 is 0 Å². The Morgan fingerprint density at radius 3 is 1.38 bits per heavy atom. The molecule has 0 spiro atoms. The van der Waals surface area contributed by atoms with Crippen LogP contribution in [0.25, 0.3) is 0 Å². The van der Waals surface area contributed by atoms with Gasteiger partial charge in [0.05, 0.1) is 24.4 Å². The number of hydrogen-bond donors (Lipinski definition) is 0. The van der Waals surface area contributed by atoms with Gasteiger partial charge in [-0.25, -0.2) is 9.78 Å². The molecule has 0 unspecified atom stereocenters. The van der Waals surface area contributed by atoms with Crippen LogP contribution in [0.5, 0.6) is 0 Å². The first-order chi connectivity index (χ1) is 29.7. The van der Waals surface area contributed by atoms with Crippen molar-refractivity contribution < 1.29 is 28.6 Å². The lowest BCUT2D eigenvalue weighted by atomic mass is 9.92. The van der Waals surface area contributed by atoms with E-state index in [9.17, 15) is 14.4 Å². The fourth-order valence-electron chi connectivity index (χ4n) is 8.30. The summed E-state index contributed by atoms with van der Waals surface area (Å²) in [5.74, 6) is 1.01. The van der Waals surface area contributed by atoms with Crippen LogP contribution in [0.15, 0.2) is 6.20 Å². The van der Waals surface area contributed by atoms with Crippen LogP contribution in [0.4, 0.5) is 0 Å². The minimum atomic E-state index is -0.250. The van der Waals surface area contributed by atoms with Gasteiger partial charge >= 0.3 is 17.9 Å². The number of carbonyl (C=O) groups is 3. The predicted molar refractivity (Wildman–Crippen MR) is 258 cm³/mol. The molecule has 0 atom stereocenters. The normalized spacial score (nSPS) is 11.7. The number of rotatable bonds is 44. The fraction of sp³-hybridized carbons (Fsp3) is 0.885. The van der Waals surface area contributed by atoms with Crippen molar-refractivity contribution in [1.82, 2.24) is 9.88 Å². The Hall–Kier alpha value is -2.00. The topological polar surface area (TPSA) is 95.0 Å². The highest BCUT2D eigenvalue weighted by Crippen LogP contribution is 2.24. The van der Waals surface area contributed by atoms with Crippen molar-refractivity contribution in [2.75, 3.05) is 33.9 Å². The summed E-state index contributed by atoms with van der Waals surface area (Å²) in [5, 5.41) is 0.987. The Morgan fingerprint density at radius 2 is 0.951 bits per heavy atom. The number of unbranched alkanes of at least 4 members (excludes halogenated alkanes) is 16. The van der Waals surface area contributed by atoms with Gasteiger partial charge in [-0.15, -0.1) is 11.3 Å². The maximum Gasteiger partial charge on any atom is 0.350 e. The standard InChI is InChI=1S/C52H96N2O6S/c1-7-11-21-30-45(31-22-12-8-2)39-42-58-50(55)37-27-19-15-17-25-34-47(60-52(57)48-44-53-49(61-48)36-29-41-54(5)6)35-26-18-16-20-28-38-51(56)59-43-40-46(32-23-13-9-3)33-24-14-10-4/h44-47H,7-43H2,1-6H3. The molecule has 0 bridgehead atoms. The first-order valence-electron chi connectivity index (χ1n) is 25.8. The molecule has 0 saturated heterocycles. The highest BCUT2D eigenvalue weighted by Gasteiger charge is 2.19. The quantitative estimate of drug-likeness (QED) is 0.0363. The second kappa shape index (κ2) is 40.8. The molecule has 0 N–H and O–H groups in total. The van der Waals surface area contributed by atoms with Gasteiger partial charge in [0.1, 0.15) is 11.0 Å². The molecular formula is C52H96N2O6S. The number of thiazole rings is 1. The molecule has 9 heteroatoms. The molecule has 0 aliphatic heterocycles. The molecule has 0 fully saturated rings. The van der Waals surface area contributed by atoms with Crippen molar-refractivity contribution >= 4 is 29.2 Å². The van der Waals surface area contributed by atoms with Crippen LogP contribution in [0.3, 0.4) is 0 Å². The lowest BCUT2D eigenvalue weighted by molar-refractivity contribution is -0.145. The van der Waals surface area contributed by atoms with E-state index in [0.29, 0.717) is 42.8 Å². The molecular weight excluding hydrogens is 781 g/mol. The van der Waals surface area contributed by atoms with E-state index in [0.717, 1.165) is 114 Å². The van der Waals surface area contributed by atoms with Gasteiger partial charge in [-0.1, -0.05) is 169 Å². The third kappa shape index (κ3) is 34.1. The van der Waals surface area contributed by atoms with E-state index in [1.807, 2.05) is 0 Å². The fourth-order valence-corrected chi connectivity index (χ4v) is 9.15. The molecule has 0 aliphatic carbocycles. The second-order valence-corrected chi connectivity index (χ2v) is 19.5. The summed E-state index contributed by atoms with van der Waals surface area (Å²) in [6.07, 6.45) is 38.5. The molecule has 0 aliphatic rings. The van der Waals surface area contributed by atoms with E-state index in [4.69, 9.17) is 14.2 Å². The Labute approximate surface area is 380 Å². The molecule has 8 nitrogen and oxygen atoms in total. The van der Waals surface area contributed by atoms with E-state index >= 15 is 0 Å². The number of aromatic nitrogens is 1. The Balaban J connectivity index is 2.44. The molecule has 0 aromatic carbocycles. The van der Waals surface area contributed by atoms with Gasteiger partial charge in [0.25, 0.3) is 0 Å². The van der Waals surface area contributed by atoms with Gasteiger partial charge in [0.15, 0.2) is 0 Å². The Bertz CT molecular complexity index is 1100. The number of carbonyl (C=O) groups excluding carboxylic acids is 3. The van der Waals surface area contributed by atoms with Crippen LogP contribution in [0.1, 0.15) is 254 Å². The number of esters is 3. The molecule has 1 heterocycles. The maximum absolute atomic E-state index is 13.2. The summed E-state index contributed by atoms with van der Waals surface area (Å²) < 4.78 is 17.4. The number of aryl methyl sites for hydroxylation is 1. The third-order valence-corrected chi connectivity index (χ3v) is 13.3. The third-order valence-electron chi connectivity index (χ3n) is 12.3. The summed E-state index contributed by atoms with van der Waals surface area (Å²) in [5.41, 5.74) is 0. The number of hydrogen-bond acceptors (Lipinski definition) is 9. The molecule has 1 aromatic heterocycles. The van der Waals surface area contributed by atoms with Gasteiger partial charge < -0.3 is 19.1 Å². The summed E-state index contributed by atoms with van der Waals surface area (Å²) in [7, 11) is 4.14. The van der Waals surface area contributed by atoms with Crippen molar-refractivity contribution in [3.05, 3.63) is 16.1 Å². The molecule has 1 aromatic rings. The van der Waals surface area contributed by atoms with Crippen molar-refractivity contribution in [2.45, 2.75) is 252 Å². The SMILES string of the molecule is CCCCCC(CCCCC)CCOC(=O)CCCCCCCC(CCCCCCCC(=O)OCCC(CCCCC)CCCCC)OC(=O)c1cnc(CCCN(C)C)s1. The van der Waals surface area contributed by atoms with E-state index < -0.39 is 0 Å². The number of ether oxygens (including phenoxy) is 3. The van der Waals surface area contributed by atoms with Gasteiger partial charge in [-0.2, -0.15) is 0 Å². The first kappa shape index (κ1) is 57.0. The number of nitrogens with zero attached hydrogens (tertiary/aromatic N) is 2. The first-order valence-corrected chi connectivity index (χ1v) is 26.6. The summed E-state index contributed by atoms with van der Waals surface area (Å²) >= 11 is 1.46. The zero-order valence-corrected chi connectivity index (χ0v) is 41.5. The second-order valence-electron chi connectivity index (χ2n) is 18.4. The predicted octanol–water partition coefficient (Wildman–Crippen LogP) is 15.0. The summed E-state index contributed by atoms with van der Waals surface area (Å²) in [4.78, 5) is 45.4. The zero-order chi connectivity index (χ0) is 44.6. The largest absolute Gasteiger partial charge is 0.466 e. The average molecular weight is 877 g/mol. The molecule has 356 valence electrons. The van der Waals surface area contributed by atoms with Gasteiger partial charge in [0.2, 0.25) is 0 Å². The smallest absolute Gasteiger partial charge is 0.350 e. The van der Waals surface area contributed by atoms with Gasteiger partial charge in [-0.3, -0.25) is 9.59 Å². The van der Waals surface area contributed by atoms with E-state index in [1.165, 1.54) is 114 Å². The minimum Gasteiger partial charge on any atom is -0.466 e. The Kier molecular flexibility index (Phi) is 38.1. The van der Waals surface area contributed by atoms with Crippen LogP contribution in [-0.4, -0.2) is 67.7 Å².